The predicted octanol–water partition coefficient (Wildman–Crippen LogP) is 0.731. The van der Waals surface area contributed by atoms with E-state index in [0.29, 0.717) is 16.7 Å². The lowest BCUT2D eigenvalue weighted by Gasteiger charge is -2.09. The fourth-order valence-corrected chi connectivity index (χ4v) is 2.50. The third-order valence-corrected chi connectivity index (χ3v) is 3.86. The number of fused-ring (bicyclic) bond motifs is 1. The summed E-state index contributed by atoms with van der Waals surface area (Å²) in [6.45, 7) is 1.72. The third-order valence-electron chi connectivity index (χ3n) is 3.86. The van der Waals surface area contributed by atoms with Crippen LogP contribution in [-0.4, -0.2) is 27.9 Å². The Kier molecular flexibility index (Phi) is 5.12. The minimum Gasteiger partial charge on any atom is -0.467 e. The molecular formula is C18H18N4O4. The first kappa shape index (κ1) is 17.4. The second kappa shape index (κ2) is 7.64. The smallest absolute Gasteiger partial charge is 0.261 e. The molecule has 0 aliphatic heterocycles. The van der Waals surface area contributed by atoms with E-state index in [1.54, 1.807) is 24.3 Å². The first-order chi connectivity index (χ1) is 12.5. The van der Waals surface area contributed by atoms with Gasteiger partial charge in [-0.1, -0.05) is 12.1 Å². The number of benzene rings is 1. The Balaban J connectivity index is 1.56. The molecule has 8 nitrogen and oxygen atoms in total. The quantitative estimate of drug-likeness (QED) is 0.679. The molecule has 3 rings (SSSR count). The largest absolute Gasteiger partial charge is 0.467 e. The average molecular weight is 354 g/mol. The second-order valence-electron chi connectivity index (χ2n) is 5.78. The number of nitrogens with zero attached hydrogens (tertiary/aromatic N) is 2. The summed E-state index contributed by atoms with van der Waals surface area (Å²) >= 11 is 0. The number of para-hydroxylation sites is 1. The van der Waals surface area contributed by atoms with Gasteiger partial charge in [0.1, 0.15) is 12.3 Å². The topological polar surface area (TPSA) is 106 Å². The van der Waals surface area contributed by atoms with Crippen LogP contribution in [-0.2, 0) is 22.7 Å². The molecule has 0 aliphatic carbocycles. The molecule has 8 heteroatoms. The number of carbonyl (C=O) groups excluding carboxylic acids is 2. The van der Waals surface area contributed by atoms with Crippen molar-refractivity contribution in [2.75, 3.05) is 6.54 Å². The van der Waals surface area contributed by atoms with Gasteiger partial charge in [0.15, 0.2) is 0 Å². The Morgan fingerprint density at radius 1 is 1.15 bits per heavy atom. The van der Waals surface area contributed by atoms with Gasteiger partial charge < -0.3 is 15.1 Å². The number of carbonyl (C=O) groups is 2. The van der Waals surface area contributed by atoms with Gasteiger partial charge in [-0.3, -0.25) is 19.0 Å². The highest BCUT2D eigenvalue weighted by molar-refractivity contribution is 5.85. The maximum absolute atomic E-state index is 12.4. The van der Waals surface area contributed by atoms with Gasteiger partial charge in [0.05, 0.1) is 36.6 Å². The highest BCUT2D eigenvalue weighted by atomic mass is 16.3. The molecule has 0 aliphatic rings. The zero-order chi connectivity index (χ0) is 18.5. The van der Waals surface area contributed by atoms with Crippen molar-refractivity contribution in [3.63, 3.8) is 0 Å². The van der Waals surface area contributed by atoms with Crippen molar-refractivity contribution in [2.24, 2.45) is 0 Å². The van der Waals surface area contributed by atoms with Gasteiger partial charge in [-0.2, -0.15) is 0 Å². The van der Waals surface area contributed by atoms with E-state index in [0.717, 1.165) is 5.56 Å². The molecule has 0 fully saturated rings. The van der Waals surface area contributed by atoms with Gasteiger partial charge in [0.2, 0.25) is 11.8 Å². The Hall–Kier alpha value is -3.42. The van der Waals surface area contributed by atoms with Gasteiger partial charge in [-0.15, -0.1) is 0 Å². The lowest BCUT2D eigenvalue weighted by atomic mass is 10.1. The number of hydrogen-bond donors (Lipinski definition) is 2. The second-order valence-corrected chi connectivity index (χ2v) is 5.78. The summed E-state index contributed by atoms with van der Waals surface area (Å²) in [4.78, 5) is 40.4. The van der Waals surface area contributed by atoms with Gasteiger partial charge in [-0.05, 0) is 30.7 Å². The molecule has 0 atom stereocenters. The number of hydrogen-bond acceptors (Lipinski definition) is 5. The van der Waals surface area contributed by atoms with Crippen LogP contribution < -0.4 is 16.2 Å². The lowest BCUT2D eigenvalue weighted by Crippen LogP contribution is -2.39. The van der Waals surface area contributed by atoms with Crippen molar-refractivity contribution in [3.05, 3.63) is 64.6 Å². The first-order valence-corrected chi connectivity index (χ1v) is 8.05. The average Bonchev–Trinajstić information content (AvgIpc) is 3.15. The van der Waals surface area contributed by atoms with Crippen LogP contribution in [0.4, 0.5) is 0 Å². The van der Waals surface area contributed by atoms with E-state index in [4.69, 9.17) is 4.42 Å². The van der Waals surface area contributed by atoms with Crippen LogP contribution in [0.2, 0.25) is 0 Å². The number of amides is 2. The van der Waals surface area contributed by atoms with Crippen LogP contribution in [0, 0.1) is 6.92 Å². The molecule has 2 N–H and O–H groups in total. The molecule has 0 saturated carbocycles. The molecule has 0 spiro atoms. The molecule has 0 radical (unpaired) electrons. The van der Waals surface area contributed by atoms with Gasteiger partial charge >= 0.3 is 0 Å². The summed E-state index contributed by atoms with van der Waals surface area (Å²) in [5, 5.41) is 5.55. The van der Waals surface area contributed by atoms with Crippen molar-refractivity contribution in [1.29, 1.82) is 0 Å². The lowest BCUT2D eigenvalue weighted by molar-refractivity contribution is -0.126. The summed E-state index contributed by atoms with van der Waals surface area (Å²) in [5.74, 6) is -0.183. The number of aryl methyl sites for hydroxylation is 1. The monoisotopic (exact) mass is 354 g/mol. The van der Waals surface area contributed by atoms with Gasteiger partial charge in [-0.25, -0.2) is 4.98 Å². The highest BCUT2D eigenvalue weighted by Crippen LogP contribution is 2.11. The fraction of sp³-hybridized carbons (Fsp3) is 0.222. The molecular weight excluding hydrogens is 336 g/mol. The minimum absolute atomic E-state index is 0.186. The zero-order valence-corrected chi connectivity index (χ0v) is 14.2. The number of nitrogens with one attached hydrogen (secondary N) is 2. The van der Waals surface area contributed by atoms with E-state index in [1.807, 2.05) is 13.0 Å². The molecule has 3 aromatic rings. The summed E-state index contributed by atoms with van der Waals surface area (Å²) in [6, 6.07) is 8.77. The summed E-state index contributed by atoms with van der Waals surface area (Å²) in [5.41, 5.74) is 1.21. The van der Waals surface area contributed by atoms with E-state index in [9.17, 15) is 14.4 Å². The molecule has 0 saturated heterocycles. The maximum Gasteiger partial charge on any atom is 0.261 e. The first-order valence-electron chi connectivity index (χ1n) is 8.05. The standard InChI is InChI=1S/C18H18N4O4/c1-12-4-2-6-14-17(12)21-11-22(18(14)25)10-16(24)20-9-15(23)19-8-13-5-3-7-26-13/h2-7,11H,8-10H2,1H3,(H,19,23)(H,20,24). The molecule has 0 unspecified atom stereocenters. The van der Waals surface area contributed by atoms with Crippen molar-refractivity contribution < 1.29 is 14.0 Å². The normalized spacial score (nSPS) is 10.7. The van der Waals surface area contributed by atoms with Crippen LogP contribution in [0.15, 0.2) is 52.1 Å². The van der Waals surface area contributed by atoms with Crippen LogP contribution in [0.25, 0.3) is 10.9 Å². The molecule has 0 bridgehead atoms. The molecule has 26 heavy (non-hydrogen) atoms. The molecule has 134 valence electrons. The van der Waals surface area contributed by atoms with Crippen LogP contribution in [0.3, 0.4) is 0 Å². The van der Waals surface area contributed by atoms with Crippen LogP contribution >= 0.6 is 0 Å². The van der Waals surface area contributed by atoms with Crippen LogP contribution in [0.5, 0.6) is 0 Å². The van der Waals surface area contributed by atoms with Gasteiger partial charge in [0, 0.05) is 0 Å². The Morgan fingerprint density at radius 3 is 2.77 bits per heavy atom. The van der Waals surface area contributed by atoms with Gasteiger partial charge in [0.25, 0.3) is 5.56 Å². The van der Waals surface area contributed by atoms with E-state index < -0.39 is 5.91 Å². The molecule has 1 aromatic carbocycles. The third kappa shape index (κ3) is 3.97. The van der Waals surface area contributed by atoms with Crippen molar-refractivity contribution in [3.8, 4) is 0 Å². The SMILES string of the molecule is Cc1cccc2c(=O)n(CC(=O)NCC(=O)NCc3ccco3)cnc12. The minimum atomic E-state index is -0.450. The highest BCUT2D eigenvalue weighted by Gasteiger charge is 2.10. The predicted molar refractivity (Wildman–Crippen MR) is 94.3 cm³/mol. The summed E-state index contributed by atoms with van der Waals surface area (Å²) in [7, 11) is 0. The summed E-state index contributed by atoms with van der Waals surface area (Å²) < 4.78 is 6.32. The van der Waals surface area contributed by atoms with Crippen molar-refractivity contribution in [2.45, 2.75) is 20.0 Å². The molecule has 2 aromatic heterocycles. The Labute approximate surface area is 148 Å². The maximum atomic E-state index is 12.4. The van der Waals surface area contributed by atoms with Crippen molar-refractivity contribution in [1.82, 2.24) is 20.2 Å². The fourth-order valence-electron chi connectivity index (χ4n) is 2.50. The number of aromatic nitrogens is 2. The number of furan rings is 1. The van der Waals surface area contributed by atoms with E-state index >= 15 is 0 Å². The molecule has 2 amide bonds. The van der Waals surface area contributed by atoms with Crippen molar-refractivity contribution >= 4 is 22.7 Å². The van der Waals surface area contributed by atoms with Crippen LogP contribution in [0.1, 0.15) is 11.3 Å². The van der Waals surface area contributed by atoms with E-state index in [1.165, 1.54) is 17.2 Å². The van der Waals surface area contributed by atoms with E-state index in [-0.39, 0.29) is 31.1 Å². The summed E-state index contributed by atoms with van der Waals surface area (Å²) in [6.07, 6.45) is 2.86. The zero-order valence-electron chi connectivity index (χ0n) is 14.2. The Morgan fingerprint density at radius 2 is 2.00 bits per heavy atom. The van der Waals surface area contributed by atoms with E-state index in [2.05, 4.69) is 15.6 Å². The molecule has 2 heterocycles. The Bertz CT molecular complexity index is 992. The number of rotatable bonds is 6.